The molecule has 216 valence electrons. The van der Waals surface area contributed by atoms with E-state index in [9.17, 15) is 9.59 Å². The molecule has 0 atom stereocenters. The third-order valence-electron chi connectivity index (χ3n) is 4.98. The van der Waals surface area contributed by atoms with Crippen LogP contribution in [0.5, 0.6) is 0 Å². The van der Waals surface area contributed by atoms with E-state index in [0.29, 0.717) is 5.82 Å². The first-order valence-corrected chi connectivity index (χ1v) is 13.2. The first-order chi connectivity index (χ1) is 17.7. The van der Waals surface area contributed by atoms with E-state index in [2.05, 4.69) is 72.5 Å². The maximum atomic E-state index is 12.3. The van der Waals surface area contributed by atoms with E-state index in [1.54, 1.807) is 41.5 Å². The molecule has 1 heterocycles. The van der Waals surface area contributed by atoms with Crippen LogP contribution in [-0.4, -0.2) is 39.5 Å². The van der Waals surface area contributed by atoms with Gasteiger partial charge in [0.25, 0.3) is 0 Å². The van der Waals surface area contributed by atoms with Gasteiger partial charge in [-0.2, -0.15) is 4.98 Å². The minimum atomic E-state index is -0.783. The molecule has 2 amide bonds. The lowest BCUT2D eigenvalue weighted by molar-refractivity contribution is 0.0544. The molecule has 10 heteroatoms. The van der Waals surface area contributed by atoms with Gasteiger partial charge < -0.3 is 14.0 Å². The van der Waals surface area contributed by atoms with Gasteiger partial charge in [0.15, 0.2) is 0 Å². The van der Waals surface area contributed by atoms with Crippen molar-refractivity contribution in [1.82, 2.24) is 20.8 Å². The van der Waals surface area contributed by atoms with Crippen molar-refractivity contribution in [2.45, 2.75) is 107 Å². The Bertz CT molecular complexity index is 1110. The van der Waals surface area contributed by atoms with Crippen LogP contribution in [0.25, 0.3) is 11.4 Å². The number of amides is 2. The normalized spacial score (nSPS) is 12.5. The minimum Gasteiger partial charge on any atom is -0.444 e. The lowest BCUT2D eigenvalue weighted by Gasteiger charge is -2.32. The predicted octanol–water partition coefficient (Wildman–Crippen LogP) is 6.65. The smallest absolute Gasteiger partial charge is 0.414 e. The zero-order valence-corrected chi connectivity index (χ0v) is 25.3. The highest BCUT2D eigenvalue weighted by molar-refractivity contribution is 6.01. The molecule has 0 aliphatic heterocycles. The summed E-state index contributed by atoms with van der Waals surface area (Å²) in [5.74, 6) is 0.456. The molecule has 0 radical (unpaired) electrons. The van der Waals surface area contributed by atoms with Gasteiger partial charge in [-0.1, -0.05) is 64.0 Å². The van der Waals surface area contributed by atoms with Gasteiger partial charge in [0.1, 0.15) is 17.7 Å². The van der Waals surface area contributed by atoms with Gasteiger partial charge in [-0.15, -0.1) is 0 Å². The molecule has 0 saturated heterocycles. The molecule has 2 aromatic rings. The van der Waals surface area contributed by atoms with Gasteiger partial charge in [0.2, 0.25) is 17.7 Å². The number of benzene rings is 1. The molecule has 0 aliphatic rings. The lowest BCUT2D eigenvalue weighted by atomic mass is 9.73. The number of guanidine groups is 1. The summed E-state index contributed by atoms with van der Waals surface area (Å²) in [7, 11) is 0. The average molecular weight is 544 g/mol. The first-order valence-electron chi connectivity index (χ1n) is 13.2. The molecule has 0 saturated carbocycles. The van der Waals surface area contributed by atoms with E-state index in [0.717, 1.165) is 18.4 Å². The standard InChI is InChI=1S/C29H45N5O5/c1-26(2,3)18-29(10,11)16-19-12-14-20(15-13-19)22-31-21(39-34-22)17-30-23(32-24(35)37-27(4,5)6)33-25(36)38-28(7,8)9/h12-15H,16-18H2,1-11H3,(H2,30,32,33,35,36). The van der Waals surface area contributed by atoms with Gasteiger partial charge >= 0.3 is 12.2 Å². The number of aromatic nitrogens is 2. The molecule has 2 N–H and O–H groups in total. The van der Waals surface area contributed by atoms with Crippen LogP contribution < -0.4 is 10.6 Å². The van der Waals surface area contributed by atoms with Crippen LogP contribution in [-0.2, 0) is 22.4 Å². The van der Waals surface area contributed by atoms with Crippen LogP contribution in [0.4, 0.5) is 9.59 Å². The monoisotopic (exact) mass is 543 g/mol. The molecule has 1 aromatic carbocycles. The van der Waals surface area contributed by atoms with Crippen molar-refractivity contribution < 1.29 is 23.6 Å². The van der Waals surface area contributed by atoms with Crippen molar-refractivity contribution in [2.75, 3.05) is 0 Å². The van der Waals surface area contributed by atoms with Crippen LogP contribution in [0.3, 0.4) is 0 Å². The lowest BCUT2D eigenvalue weighted by Crippen LogP contribution is -2.47. The van der Waals surface area contributed by atoms with E-state index in [-0.39, 0.29) is 29.2 Å². The maximum Gasteiger partial charge on any atom is 0.414 e. The number of nitrogens with one attached hydrogen (secondary N) is 2. The third kappa shape index (κ3) is 12.8. The van der Waals surface area contributed by atoms with E-state index in [4.69, 9.17) is 14.0 Å². The zero-order chi connectivity index (χ0) is 29.6. The van der Waals surface area contributed by atoms with E-state index in [1.165, 1.54) is 5.56 Å². The Balaban J connectivity index is 2.12. The number of ether oxygens (including phenoxy) is 2. The fourth-order valence-electron chi connectivity index (χ4n) is 4.32. The minimum absolute atomic E-state index is 0.0903. The van der Waals surface area contributed by atoms with Gasteiger partial charge in [-0.3, -0.25) is 10.6 Å². The molecule has 0 bridgehead atoms. The molecule has 10 nitrogen and oxygen atoms in total. The van der Waals surface area contributed by atoms with Crippen LogP contribution in [0.2, 0.25) is 0 Å². The SMILES string of the molecule is CC(C)(C)CC(C)(C)Cc1ccc(-c2noc(CN=C(NC(=O)OC(C)(C)C)NC(=O)OC(C)(C)C)n2)cc1. The summed E-state index contributed by atoms with van der Waals surface area (Å²) in [6, 6.07) is 8.11. The second-order valence-electron chi connectivity index (χ2n) is 13.7. The van der Waals surface area contributed by atoms with Crippen molar-refractivity contribution in [3.63, 3.8) is 0 Å². The number of rotatable bonds is 6. The van der Waals surface area contributed by atoms with Crippen molar-refractivity contribution in [3.8, 4) is 11.4 Å². The van der Waals surface area contributed by atoms with Gasteiger partial charge in [-0.05, 0) is 70.8 Å². The fraction of sp³-hybridized carbons (Fsp3) is 0.621. The van der Waals surface area contributed by atoms with E-state index >= 15 is 0 Å². The molecule has 0 fully saturated rings. The van der Waals surface area contributed by atoms with E-state index < -0.39 is 23.4 Å². The quantitative estimate of drug-likeness (QED) is 0.308. The molecule has 0 unspecified atom stereocenters. The van der Waals surface area contributed by atoms with Crippen LogP contribution in [0.1, 0.15) is 94.0 Å². The third-order valence-corrected chi connectivity index (χ3v) is 4.98. The summed E-state index contributed by atoms with van der Waals surface area (Å²) in [5, 5.41) is 8.91. The topological polar surface area (TPSA) is 128 Å². The maximum absolute atomic E-state index is 12.3. The number of hydrogen-bond donors (Lipinski definition) is 2. The Hall–Kier alpha value is -3.43. The summed E-state index contributed by atoms with van der Waals surface area (Å²) >= 11 is 0. The summed E-state index contributed by atoms with van der Waals surface area (Å²) < 4.78 is 15.9. The van der Waals surface area contributed by atoms with Crippen molar-refractivity contribution in [1.29, 1.82) is 0 Å². The van der Waals surface area contributed by atoms with Crippen LogP contribution >= 0.6 is 0 Å². The Morgan fingerprint density at radius 2 is 1.36 bits per heavy atom. The Labute approximate surface area is 232 Å². The Morgan fingerprint density at radius 3 is 1.82 bits per heavy atom. The molecular formula is C29H45N5O5. The second kappa shape index (κ2) is 12.2. The summed E-state index contributed by atoms with van der Waals surface area (Å²) in [6.45, 7) is 21.6. The number of nitrogens with zero attached hydrogens (tertiary/aromatic N) is 3. The summed E-state index contributed by atoms with van der Waals surface area (Å²) in [4.78, 5) is 33.2. The highest BCUT2D eigenvalue weighted by Gasteiger charge is 2.26. The van der Waals surface area contributed by atoms with Gasteiger partial charge in [-0.25, -0.2) is 14.6 Å². The number of carbonyl (C=O) groups is 2. The molecule has 2 rings (SSSR count). The molecule has 0 aliphatic carbocycles. The van der Waals surface area contributed by atoms with Gasteiger partial charge in [0, 0.05) is 5.56 Å². The number of carbonyl (C=O) groups excluding carboxylic acids is 2. The molecule has 39 heavy (non-hydrogen) atoms. The average Bonchev–Trinajstić information content (AvgIpc) is 3.16. The van der Waals surface area contributed by atoms with Crippen molar-refractivity contribution >= 4 is 18.1 Å². The molecule has 0 spiro atoms. The number of hydrogen-bond acceptors (Lipinski definition) is 8. The predicted molar refractivity (Wildman–Crippen MR) is 151 cm³/mol. The summed E-state index contributed by atoms with van der Waals surface area (Å²) in [6.07, 6.45) is 0.516. The van der Waals surface area contributed by atoms with E-state index in [1.807, 2.05) is 12.1 Å². The van der Waals surface area contributed by atoms with Crippen LogP contribution in [0.15, 0.2) is 33.8 Å². The van der Waals surface area contributed by atoms with Gasteiger partial charge in [0.05, 0.1) is 0 Å². The highest BCUT2D eigenvalue weighted by atomic mass is 16.6. The number of alkyl carbamates (subject to hydrolysis) is 2. The van der Waals surface area contributed by atoms with Crippen molar-refractivity contribution in [2.24, 2.45) is 15.8 Å². The fourth-order valence-corrected chi connectivity index (χ4v) is 4.32. The Kier molecular flexibility index (Phi) is 9.92. The first kappa shape index (κ1) is 31.8. The largest absolute Gasteiger partial charge is 0.444 e. The Morgan fingerprint density at radius 1 is 0.846 bits per heavy atom. The highest BCUT2D eigenvalue weighted by Crippen LogP contribution is 2.36. The van der Waals surface area contributed by atoms with Crippen molar-refractivity contribution in [3.05, 3.63) is 35.7 Å². The zero-order valence-electron chi connectivity index (χ0n) is 25.3. The van der Waals surface area contributed by atoms with Crippen LogP contribution in [0, 0.1) is 10.8 Å². The molecular weight excluding hydrogens is 498 g/mol. The molecule has 1 aromatic heterocycles. The second-order valence-corrected chi connectivity index (χ2v) is 13.7. The summed E-state index contributed by atoms with van der Waals surface area (Å²) in [5.41, 5.74) is 1.02. The number of aliphatic imine (C=N–C) groups is 1.